The average Bonchev–Trinajstić information content (AvgIpc) is 2.30. The third-order valence-electron chi connectivity index (χ3n) is 3.31. The third-order valence-corrected chi connectivity index (χ3v) is 4.64. The molecule has 5 nitrogen and oxygen atoms in total. The van der Waals surface area contributed by atoms with Gasteiger partial charge in [0.2, 0.25) is 0 Å². The Morgan fingerprint density at radius 1 is 1.50 bits per heavy atom. The lowest BCUT2D eigenvalue weighted by molar-refractivity contribution is -0.137. The summed E-state index contributed by atoms with van der Waals surface area (Å²) in [6.45, 7) is 6.78. The number of nitrogens with one attached hydrogen (secondary N) is 1. The molecular formula is C12H22N2O3S. The van der Waals surface area contributed by atoms with Crippen molar-refractivity contribution in [3.8, 4) is 0 Å². The van der Waals surface area contributed by atoms with Gasteiger partial charge >= 0.3 is 12.0 Å². The number of carbonyl (C=O) groups excluding carboxylic acids is 1. The van der Waals surface area contributed by atoms with Gasteiger partial charge in [-0.05, 0) is 20.3 Å². The van der Waals surface area contributed by atoms with Gasteiger partial charge in [0.25, 0.3) is 0 Å². The van der Waals surface area contributed by atoms with E-state index in [1.165, 1.54) is 0 Å². The maximum atomic E-state index is 12.1. The van der Waals surface area contributed by atoms with Crippen molar-refractivity contribution >= 4 is 23.8 Å². The lowest BCUT2D eigenvalue weighted by Crippen LogP contribution is -2.53. The van der Waals surface area contributed by atoms with Gasteiger partial charge in [-0.2, -0.15) is 11.8 Å². The van der Waals surface area contributed by atoms with Crippen LogP contribution in [0.2, 0.25) is 0 Å². The van der Waals surface area contributed by atoms with Crippen molar-refractivity contribution < 1.29 is 14.7 Å². The third kappa shape index (κ3) is 4.40. The monoisotopic (exact) mass is 274 g/mol. The summed E-state index contributed by atoms with van der Waals surface area (Å²) in [5.74, 6) is 0.134. The number of rotatable bonds is 4. The number of hydrogen-bond acceptors (Lipinski definition) is 3. The molecule has 1 aliphatic rings. The summed E-state index contributed by atoms with van der Waals surface area (Å²) in [5, 5.41) is 11.9. The van der Waals surface area contributed by atoms with Crippen LogP contribution in [0.15, 0.2) is 0 Å². The van der Waals surface area contributed by atoms with E-state index in [9.17, 15) is 9.59 Å². The van der Waals surface area contributed by atoms with Crippen LogP contribution in [-0.4, -0.2) is 51.6 Å². The van der Waals surface area contributed by atoms with E-state index in [1.54, 1.807) is 0 Å². The minimum absolute atomic E-state index is 0.0764. The standard InChI is InChI=1S/C12H22N2O3S/c1-8(4-5-11(15)16)13-12(17)14-6-7-18-10(3)9(14)2/h8-10H,4-7H2,1-3H3,(H,13,17)(H,15,16). The topological polar surface area (TPSA) is 69.6 Å². The molecule has 0 saturated carbocycles. The van der Waals surface area contributed by atoms with Gasteiger partial charge in [0.05, 0.1) is 0 Å². The molecule has 0 spiro atoms. The van der Waals surface area contributed by atoms with Crippen molar-refractivity contribution in [2.75, 3.05) is 12.3 Å². The number of carboxylic acids is 1. The zero-order valence-electron chi connectivity index (χ0n) is 11.2. The molecule has 0 aromatic carbocycles. The number of carbonyl (C=O) groups is 2. The predicted molar refractivity (Wildman–Crippen MR) is 73.0 cm³/mol. The SMILES string of the molecule is CC(CCC(=O)O)NC(=O)N1CCSC(C)C1C. The summed E-state index contributed by atoms with van der Waals surface area (Å²) in [4.78, 5) is 24.4. The maximum absolute atomic E-state index is 12.1. The highest BCUT2D eigenvalue weighted by atomic mass is 32.2. The molecule has 3 unspecified atom stereocenters. The van der Waals surface area contributed by atoms with Gasteiger partial charge < -0.3 is 15.3 Å². The Balaban J connectivity index is 2.41. The van der Waals surface area contributed by atoms with Crippen molar-refractivity contribution in [3.63, 3.8) is 0 Å². The highest BCUT2D eigenvalue weighted by Gasteiger charge is 2.29. The first kappa shape index (κ1) is 15.1. The fourth-order valence-electron chi connectivity index (χ4n) is 1.93. The normalized spacial score (nSPS) is 25.6. The average molecular weight is 274 g/mol. The van der Waals surface area contributed by atoms with E-state index < -0.39 is 5.97 Å². The number of nitrogens with zero attached hydrogens (tertiary/aromatic N) is 1. The second-order valence-corrected chi connectivity index (χ2v) is 6.28. The van der Waals surface area contributed by atoms with E-state index in [1.807, 2.05) is 23.6 Å². The van der Waals surface area contributed by atoms with Crippen molar-refractivity contribution in [2.45, 2.75) is 50.9 Å². The molecule has 1 saturated heterocycles. The second kappa shape index (κ2) is 6.87. The first-order valence-corrected chi connectivity index (χ1v) is 7.37. The van der Waals surface area contributed by atoms with Gasteiger partial charge in [-0.1, -0.05) is 6.92 Å². The minimum Gasteiger partial charge on any atom is -0.481 e. The Labute approximate surface area is 112 Å². The van der Waals surface area contributed by atoms with Gasteiger partial charge in [-0.3, -0.25) is 4.79 Å². The Morgan fingerprint density at radius 3 is 2.78 bits per heavy atom. The van der Waals surface area contributed by atoms with Crippen molar-refractivity contribution in [1.82, 2.24) is 10.2 Å². The van der Waals surface area contributed by atoms with Gasteiger partial charge in [-0.25, -0.2) is 4.79 Å². The molecule has 3 atom stereocenters. The van der Waals surface area contributed by atoms with E-state index in [2.05, 4.69) is 19.2 Å². The number of amides is 2. The maximum Gasteiger partial charge on any atom is 0.317 e. The van der Waals surface area contributed by atoms with Crippen LogP contribution in [0.25, 0.3) is 0 Å². The first-order chi connectivity index (χ1) is 8.41. The molecule has 104 valence electrons. The zero-order chi connectivity index (χ0) is 13.7. The molecule has 0 aromatic rings. The highest BCUT2D eigenvalue weighted by Crippen LogP contribution is 2.24. The van der Waals surface area contributed by atoms with Crippen molar-refractivity contribution in [1.29, 1.82) is 0 Å². The molecule has 0 aliphatic carbocycles. The van der Waals surface area contributed by atoms with E-state index in [0.29, 0.717) is 11.7 Å². The number of carboxylic acid groups (broad SMARTS) is 1. The van der Waals surface area contributed by atoms with Gasteiger partial charge in [0, 0.05) is 36.1 Å². The number of urea groups is 1. The first-order valence-electron chi connectivity index (χ1n) is 6.32. The van der Waals surface area contributed by atoms with E-state index in [0.717, 1.165) is 12.3 Å². The summed E-state index contributed by atoms with van der Waals surface area (Å²) in [6.07, 6.45) is 0.552. The van der Waals surface area contributed by atoms with Crippen LogP contribution in [0.4, 0.5) is 4.79 Å². The van der Waals surface area contributed by atoms with Crippen LogP contribution in [0.5, 0.6) is 0 Å². The lowest BCUT2D eigenvalue weighted by atomic mass is 10.2. The summed E-state index contributed by atoms with van der Waals surface area (Å²) in [7, 11) is 0. The van der Waals surface area contributed by atoms with Crippen molar-refractivity contribution in [2.24, 2.45) is 0 Å². The molecule has 1 heterocycles. The molecule has 1 rings (SSSR count). The molecule has 18 heavy (non-hydrogen) atoms. The van der Waals surface area contributed by atoms with Crippen LogP contribution in [0, 0.1) is 0 Å². The molecular weight excluding hydrogens is 252 g/mol. The Kier molecular flexibility index (Phi) is 5.78. The Bertz CT molecular complexity index is 312. The highest BCUT2D eigenvalue weighted by molar-refractivity contribution is 8.00. The van der Waals surface area contributed by atoms with Crippen LogP contribution in [-0.2, 0) is 4.79 Å². The smallest absolute Gasteiger partial charge is 0.317 e. The number of hydrogen-bond donors (Lipinski definition) is 2. The largest absolute Gasteiger partial charge is 0.481 e. The van der Waals surface area contributed by atoms with E-state index >= 15 is 0 Å². The van der Waals surface area contributed by atoms with Crippen LogP contribution in [0.1, 0.15) is 33.6 Å². The molecule has 6 heteroatoms. The summed E-state index contributed by atoms with van der Waals surface area (Å²) in [5.41, 5.74) is 0. The minimum atomic E-state index is -0.826. The van der Waals surface area contributed by atoms with E-state index in [4.69, 9.17) is 5.11 Å². The Hall–Kier alpha value is -0.910. The lowest BCUT2D eigenvalue weighted by Gasteiger charge is -2.38. The number of thioether (sulfide) groups is 1. The van der Waals surface area contributed by atoms with Crippen molar-refractivity contribution in [3.05, 3.63) is 0 Å². The fraction of sp³-hybridized carbons (Fsp3) is 0.833. The summed E-state index contributed by atoms with van der Waals surface area (Å²) in [6, 6.07) is 0.0358. The molecule has 1 fully saturated rings. The van der Waals surface area contributed by atoms with E-state index in [-0.39, 0.29) is 24.5 Å². The second-order valence-electron chi connectivity index (χ2n) is 4.79. The molecule has 2 amide bonds. The Morgan fingerprint density at radius 2 is 2.17 bits per heavy atom. The van der Waals surface area contributed by atoms with Crippen LogP contribution >= 0.6 is 11.8 Å². The van der Waals surface area contributed by atoms with Crippen LogP contribution < -0.4 is 5.32 Å². The molecule has 0 aromatic heterocycles. The zero-order valence-corrected chi connectivity index (χ0v) is 12.0. The molecule has 0 bridgehead atoms. The molecule has 0 radical (unpaired) electrons. The number of aliphatic carboxylic acids is 1. The molecule has 1 aliphatic heterocycles. The van der Waals surface area contributed by atoms with Gasteiger partial charge in [0.15, 0.2) is 0 Å². The summed E-state index contributed by atoms with van der Waals surface area (Å²) >= 11 is 1.88. The van der Waals surface area contributed by atoms with Crippen LogP contribution in [0.3, 0.4) is 0 Å². The van der Waals surface area contributed by atoms with Gasteiger partial charge in [0.1, 0.15) is 0 Å². The van der Waals surface area contributed by atoms with Gasteiger partial charge in [-0.15, -0.1) is 0 Å². The molecule has 2 N–H and O–H groups in total. The summed E-state index contributed by atoms with van der Waals surface area (Å²) < 4.78 is 0. The quantitative estimate of drug-likeness (QED) is 0.820. The predicted octanol–water partition coefficient (Wildman–Crippen LogP) is 1.78. The fourth-order valence-corrected chi connectivity index (χ4v) is 3.02.